The number of thioether (sulfide) groups is 1. The summed E-state index contributed by atoms with van der Waals surface area (Å²) >= 11 is 1.64. The summed E-state index contributed by atoms with van der Waals surface area (Å²) in [7, 11) is 0. The van der Waals surface area contributed by atoms with Crippen molar-refractivity contribution in [2.24, 2.45) is 0 Å². The first-order valence-corrected chi connectivity index (χ1v) is 6.93. The quantitative estimate of drug-likeness (QED) is 0.826. The van der Waals surface area contributed by atoms with Gasteiger partial charge in [-0.3, -0.25) is 4.79 Å². The van der Waals surface area contributed by atoms with Gasteiger partial charge in [0.1, 0.15) is 0 Å². The van der Waals surface area contributed by atoms with Crippen molar-refractivity contribution in [3.63, 3.8) is 0 Å². The number of hydrogen-bond donors (Lipinski definition) is 1. The van der Waals surface area contributed by atoms with E-state index in [1.807, 2.05) is 17.0 Å². The molecule has 17 heavy (non-hydrogen) atoms. The first-order valence-electron chi connectivity index (χ1n) is 5.94. The van der Waals surface area contributed by atoms with Crippen LogP contribution >= 0.6 is 11.8 Å². The van der Waals surface area contributed by atoms with E-state index in [4.69, 9.17) is 0 Å². The van der Waals surface area contributed by atoms with Gasteiger partial charge in [0.25, 0.3) is 0 Å². The highest BCUT2D eigenvalue weighted by Gasteiger charge is 2.16. The fraction of sp³-hybridized carbons (Fsp3) is 0.462. The smallest absolute Gasteiger partial charge is 0.233 e. The van der Waals surface area contributed by atoms with E-state index in [0.29, 0.717) is 5.75 Å². The highest BCUT2D eigenvalue weighted by atomic mass is 32.2. The summed E-state index contributed by atoms with van der Waals surface area (Å²) in [5, 5.41) is 3.25. The van der Waals surface area contributed by atoms with Crippen molar-refractivity contribution in [1.29, 1.82) is 0 Å². The Balaban J connectivity index is 1.85. The van der Waals surface area contributed by atoms with Crippen LogP contribution in [0.2, 0.25) is 0 Å². The molecule has 1 saturated heterocycles. The number of carbonyl (C=O) groups is 1. The molecule has 1 N–H and O–H groups in total. The van der Waals surface area contributed by atoms with Crippen LogP contribution < -0.4 is 5.32 Å². The van der Waals surface area contributed by atoms with E-state index in [0.717, 1.165) is 26.2 Å². The van der Waals surface area contributed by atoms with E-state index in [1.54, 1.807) is 11.8 Å². The lowest BCUT2D eigenvalue weighted by molar-refractivity contribution is -0.128. The highest BCUT2D eigenvalue weighted by Crippen LogP contribution is 2.21. The van der Waals surface area contributed by atoms with Gasteiger partial charge in [0.15, 0.2) is 0 Å². The number of nitrogens with zero attached hydrogens (tertiary/aromatic N) is 1. The van der Waals surface area contributed by atoms with Gasteiger partial charge >= 0.3 is 0 Å². The zero-order valence-electron chi connectivity index (χ0n) is 10.1. The molecule has 1 aromatic carbocycles. The molecule has 0 radical (unpaired) electrons. The fourth-order valence-electron chi connectivity index (χ4n) is 1.86. The Labute approximate surface area is 107 Å². The van der Waals surface area contributed by atoms with Crippen LogP contribution in [0.15, 0.2) is 29.2 Å². The van der Waals surface area contributed by atoms with Gasteiger partial charge in [0.05, 0.1) is 5.75 Å². The van der Waals surface area contributed by atoms with E-state index in [1.165, 1.54) is 10.5 Å². The highest BCUT2D eigenvalue weighted by molar-refractivity contribution is 8.00. The summed E-state index contributed by atoms with van der Waals surface area (Å²) in [6, 6.07) is 8.20. The molecule has 0 aliphatic carbocycles. The van der Waals surface area contributed by atoms with Crippen molar-refractivity contribution < 1.29 is 4.79 Å². The predicted octanol–water partition coefficient (Wildman–Crippen LogP) is 1.52. The number of rotatable bonds is 3. The maximum absolute atomic E-state index is 12.0. The zero-order valence-corrected chi connectivity index (χ0v) is 10.9. The molecule has 0 unspecified atom stereocenters. The van der Waals surface area contributed by atoms with Crippen LogP contribution in [0.1, 0.15) is 5.56 Å². The van der Waals surface area contributed by atoms with Crippen LogP contribution in [0.3, 0.4) is 0 Å². The molecule has 0 bridgehead atoms. The van der Waals surface area contributed by atoms with E-state index >= 15 is 0 Å². The number of carbonyl (C=O) groups excluding carboxylic acids is 1. The topological polar surface area (TPSA) is 32.3 Å². The second-order valence-corrected chi connectivity index (χ2v) is 5.20. The third-order valence-corrected chi connectivity index (χ3v) is 4.07. The van der Waals surface area contributed by atoms with Gasteiger partial charge in [-0.15, -0.1) is 11.8 Å². The summed E-state index contributed by atoms with van der Waals surface area (Å²) in [6.07, 6.45) is 0. The average molecular weight is 250 g/mol. The number of benzene rings is 1. The van der Waals surface area contributed by atoms with Crippen LogP contribution in [0.5, 0.6) is 0 Å². The number of hydrogen-bond acceptors (Lipinski definition) is 3. The van der Waals surface area contributed by atoms with Crippen LogP contribution in [0.25, 0.3) is 0 Å². The second-order valence-electron chi connectivity index (χ2n) is 4.18. The Morgan fingerprint density at radius 2 is 2.06 bits per heavy atom. The van der Waals surface area contributed by atoms with Crippen molar-refractivity contribution in [2.45, 2.75) is 11.8 Å². The van der Waals surface area contributed by atoms with Crippen LogP contribution in [-0.2, 0) is 4.79 Å². The number of nitrogens with one attached hydrogen (secondary N) is 1. The summed E-state index contributed by atoms with van der Waals surface area (Å²) in [6.45, 7) is 5.60. The minimum absolute atomic E-state index is 0.250. The summed E-state index contributed by atoms with van der Waals surface area (Å²) in [4.78, 5) is 15.1. The molecule has 3 nitrogen and oxygen atoms in total. The van der Waals surface area contributed by atoms with Crippen molar-refractivity contribution in [3.05, 3.63) is 29.8 Å². The minimum Gasteiger partial charge on any atom is -0.339 e. The SMILES string of the molecule is Cc1ccccc1SCC(=O)N1CCNCC1. The second kappa shape index (κ2) is 6.07. The maximum atomic E-state index is 12.0. The van der Waals surface area contributed by atoms with Crippen LogP contribution in [0, 0.1) is 6.92 Å². The minimum atomic E-state index is 0.250. The Morgan fingerprint density at radius 3 is 2.76 bits per heavy atom. The van der Waals surface area contributed by atoms with E-state index in [2.05, 4.69) is 24.4 Å². The van der Waals surface area contributed by atoms with Gasteiger partial charge in [-0.2, -0.15) is 0 Å². The van der Waals surface area contributed by atoms with Gasteiger partial charge in [0.2, 0.25) is 5.91 Å². The molecule has 1 aliphatic rings. The normalized spacial score (nSPS) is 15.9. The summed E-state index contributed by atoms with van der Waals surface area (Å²) in [5.74, 6) is 0.796. The van der Waals surface area contributed by atoms with E-state index < -0.39 is 0 Å². The van der Waals surface area contributed by atoms with Crippen molar-refractivity contribution >= 4 is 17.7 Å². The molecular formula is C13H18N2OS. The number of amides is 1. The fourth-order valence-corrected chi connectivity index (χ4v) is 2.80. The van der Waals surface area contributed by atoms with Crippen molar-refractivity contribution in [3.8, 4) is 0 Å². The number of piperazine rings is 1. The molecule has 4 heteroatoms. The number of aryl methyl sites for hydroxylation is 1. The lowest BCUT2D eigenvalue weighted by Crippen LogP contribution is -2.47. The molecule has 0 aromatic heterocycles. The first-order chi connectivity index (χ1) is 8.27. The average Bonchev–Trinajstić information content (AvgIpc) is 2.38. The Bertz CT molecular complexity index is 389. The Morgan fingerprint density at radius 1 is 1.35 bits per heavy atom. The molecule has 0 spiro atoms. The summed E-state index contributed by atoms with van der Waals surface area (Å²) in [5.41, 5.74) is 1.24. The standard InChI is InChI=1S/C13H18N2OS/c1-11-4-2-3-5-12(11)17-10-13(16)15-8-6-14-7-9-15/h2-5,14H,6-10H2,1H3. The van der Waals surface area contributed by atoms with Crippen LogP contribution in [-0.4, -0.2) is 42.7 Å². The molecule has 1 heterocycles. The van der Waals surface area contributed by atoms with E-state index in [9.17, 15) is 4.79 Å². The summed E-state index contributed by atoms with van der Waals surface area (Å²) < 4.78 is 0. The predicted molar refractivity (Wildman–Crippen MR) is 71.4 cm³/mol. The van der Waals surface area contributed by atoms with Gasteiger partial charge in [-0.25, -0.2) is 0 Å². The molecule has 1 aliphatic heterocycles. The molecule has 1 aromatic rings. The van der Waals surface area contributed by atoms with Gasteiger partial charge in [0, 0.05) is 31.1 Å². The van der Waals surface area contributed by atoms with E-state index in [-0.39, 0.29) is 5.91 Å². The lowest BCUT2D eigenvalue weighted by atomic mass is 10.2. The molecule has 2 rings (SSSR count). The third-order valence-electron chi connectivity index (χ3n) is 2.91. The molecule has 0 atom stereocenters. The largest absolute Gasteiger partial charge is 0.339 e. The molecular weight excluding hydrogens is 232 g/mol. The molecule has 0 saturated carbocycles. The third kappa shape index (κ3) is 3.48. The monoisotopic (exact) mass is 250 g/mol. The van der Waals surface area contributed by atoms with Crippen LogP contribution in [0.4, 0.5) is 0 Å². The molecule has 92 valence electrons. The Hall–Kier alpha value is -1.00. The molecule has 1 fully saturated rings. The zero-order chi connectivity index (χ0) is 12.1. The van der Waals surface area contributed by atoms with Crippen molar-refractivity contribution in [1.82, 2.24) is 10.2 Å². The van der Waals surface area contributed by atoms with Crippen molar-refractivity contribution in [2.75, 3.05) is 31.9 Å². The first kappa shape index (κ1) is 12.5. The van der Waals surface area contributed by atoms with Gasteiger partial charge < -0.3 is 10.2 Å². The molecule has 1 amide bonds. The van der Waals surface area contributed by atoms with Gasteiger partial charge in [-0.1, -0.05) is 18.2 Å². The maximum Gasteiger partial charge on any atom is 0.233 e. The Kier molecular flexibility index (Phi) is 4.45. The van der Waals surface area contributed by atoms with Gasteiger partial charge in [-0.05, 0) is 18.6 Å². The lowest BCUT2D eigenvalue weighted by Gasteiger charge is -2.27.